The van der Waals surface area contributed by atoms with Crippen LogP contribution in [0.2, 0.25) is 0 Å². The fourth-order valence-electron chi connectivity index (χ4n) is 3.92. The molecule has 1 aliphatic heterocycles. The van der Waals surface area contributed by atoms with E-state index in [-0.39, 0.29) is 11.9 Å². The molecule has 7 heteroatoms. The molecule has 1 amide bonds. The van der Waals surface area contributed by atoms with Gasteiger partial charge in [-0.15, -0.1) is 0 Å². The SMILES string of the molecule is CC(C)(F)CN1CCC(NC(=O)c2n[nH]c3ccc(-c4cccnc4)cc23)CC1. The highest BCUT2D eigenvalue weighted by Gasteiger charge is 2.27. The average molecular weight is 395 g/mol. The lowest BCUT2D eigenvalue weighted by Gasteiger charge is -2.34. The molecule has 0 radical (unpaired) electrons. The second kappa shape index (κ2) is 7.91. The number of nitrogens with one attached hydrogen (secondary N) is 2. The van der Waals surface area contributed by atoms with E-state index < -0.39 is 5.67 Å². The van der Waals surface area contributed by atoms with Crippen molar-refractivity contribution in [3.05, 3.63) is 48.4 Å². The molecule has 0 aliphatic carbocycles. The number of pyridine rings is 1. The van der Waals surface area contributed by atoms with E-state index in [2.05, 4.69) is 25.4 Å². The molecule has 1 aliphatic rings. The normalized spacial score (nSPS) is 16.2. The van der Waals surface area contributed by atoms with Crippen molar-refractivity contribution in [1.29, 1.82) is 0 Å². The van der Waals surface area contributed by atoms with Gasteiger partial charge < -0.3 is 10.2 Å². The predicted octanol–water partition coefficient (Wildman–Crippen LogP) is 3.57. The Morgan fingerprint density at radius 2 is 2.07 bits per heavy atom. The van der Waals surface area contributed by atoms with Crippen LogP contribution in [-0.4, -0.2) is 57.3 Å². The van der Waals surface area contributed by atoms with E-state index in [0.717, 1.165) is 48.0 Å². The van der Waals surface area contributed by atoms with E-state index in [9.17, 15) is 9.18 Å². The van der Waals surface area contributed by atoms with Crippen molar-refractivity contribution in [3.63, 3.8) is 0 Å². The molecule has 0 saturated carbocycles. The molecule has 1 saturated heterocycles. The third-order valence-corrected chi connectivity index (χ3v) is 5.30. The number of likely N-dealkylation sites (tertiary alicyclic amines) is 1. The molecule has 1 aromatic carbocycles. The number of carbonyl (C=O) groups excluding carboxylic acids is 1. The maximum atomic E-state index is 13.8. The molecule has 2 N–H and O–H groups in total. The quantitative estimate of drug-likeness (QED) is 0.693. The number of alkyl halides is 1. The molecule has 3 heterocycles. The monoisotopic (exact) mass is 395 g/mol. The Balaban J connectivity index is 1.45. The van der Waals surface area contributed by atoms with Crippen LogP contribution in [0.5, 0.6) is 0 Å². The molecule has 0 bridgehead atoms. The van der Waals surface area contributed by atoms with Gasteiger partial charge in [0.15, 0.2) is 5.69 Å². The average Bonchev–Trinajstić information content (AvgIpc) is 3.12. The van der Waals surface area contributed by atoms with Crippen LogP contribution in [0.1, 0.15) is 37.2 Å². The number of aromatic amines is 1. The number of halogens is 1. The second-order valence-electron chi connectivity index (χ2n) is 8.32. The summed E-state index contributed by atoms with van der Waals surface area (Å²) in [5, 5.41) is 11.1. The van der Waals surface area contributed by atoms with Crippen molar-refractivity contribution in [2.75, 3.05) is 19.6 Å². The number of H-pyrrole nitrogens is 1. The first-order valence-corrected chi connectivity index (χ1v) is 10.00. The number of fused-ring (bicyclic) bond motifs is 1. The number of rotatable bonds is 5. The Labute approximate surface area is 169 Å². The first kappa shape index (κ1) is 19.5. The van der Waals surface area contributed by atoms with Gasteiger partial charge in [-0.2, -0.15) is 5.10 Å². The van der Waals surface area contributed by atoms with Crippen LogP contribution in [0.4, 0.5) is 4.39 Å². The highest BCUT2D eigenvalue weighted by molar-refractivity contribution is 6.05. The summed E-state index contributed by atoms with van der Waals surface area (Å²) in [6.07, 6.45) is 5.16. The zero-order chi connectivity index (χ0) is 20.4. The topological polar surface area (TPSA) is 73.9 Å². The number of amides is 1. The molecule has 0 unspecified atom stereocenters. The summed E-state index contributed by atoms with van der Waals surface area (Å²) < 4.78 is 13.8. The van der Waals surface area contributed by atoms with Crippen LogP contribution < -0.4 is 5.32 Å². The number of carbonyl (C=O) groups is 1. The molecule has 0 atom stereocenters. The fourth-order valence-corrected chi connectivity index (χ4v) is 3.92. The van der Waals surface area contributed by atoms with Gasteiger partial charge >= 0.3 is 0 Å². The molecule has 152 valence electrons. The summed E-state index contributed by atoms with van der Waals surface area (Å²) in [6, 6.07) is 9.84. The zero-order valence-electron chi connectivity index (χ0n) is 16.8. The van der Waals surface area contributed by atoms with Gasteiger partial charge in [0.2, 0.25) is 0 Å². The number of hydrogen-bond acceptors (Lipinski definition) is 4. The van der Waals surface area contributed by atoms with Crippen LogP contribution in [0.25, 0.3) is 22.0 Å². The second-order valence-corrected chi connectivity index (χ2v) is 8.32. The molecular weight excluding hydrogens is 369 g/mol. The van der Waals surface area contributed by atoms with E-state index in [0.29, 0.717) is 12.2 Å². The maximum absolute atomic E-state index is 13.8. The molecule has 0 spiro atoms. The predicted molar refractivity (Wildman–Crippen MR) is 111 cm³/mol. The van der Waals surface area contributed by atoms with Crippen LogP contribution in [0.15, 0.2) is 42.7 Å². The summed E-state index contributed by atoms with van der Waals surface area (Å²) in [7, 11) is 0. The third-order valence-electron chi connectivity index (χ3n) is 5.30. The maximum Gasteiger partial charge on any atom is 0.272 e. The minimum Gasteiger partial charge on any atom is -0.348 e. The summed E-state index contributed by atoms with van der Waals surface area (Å²) >= 11 is 0. The first-order chi connectivity index (χ1) is 13.9. The van der Waals surface area contributed by atoms with Crippen molar-refractivity contribution < 1.29 is 9.18 Å². The highest BCUT2D eigenvalue weighted by Crippen LogP contribution is 2.25. The molecular formula is C22H26FN5O. The van der Waals surface area contributed by atoms with Gasteiger partial charge in [0.05, 0.1) is 5.52 Å². The summed E-state index contributed by atoms with van der Waals surface area (Å²) in [4.78, 5) is 19.1. The van der Waals surface area contributed by atoms with Crippen molar-refractivity contribution in [1.82, 2.24) is 25.4 Å². The lowest BCUT2D eigenvalue weighted by atomic mass is 10.0. The van der Waals surface area contributed by atoms with Crippen molar-refractivity contribution in [3.8, 4) is 11.1 Å². The molecule has 2 aromatic heterocycles. The molecule has 29 heavy (non-hydrogen) atoms. The lowest BCUT2D eigenvalue weighted by Crippen LogP contribution is -2.47. The number of aromatic nitrogens is 3. The first-order valence-electron chi connectivity index (χ1n) is 10.00. The number of piperidine rings is 1. The molecule has 1 fully saturated rings. The van der Waals surface area contributed by atoms with Gasteiger partial charge in [-0.25, -0.2) is 4.39 Å². The smallest absolute Gasteiger partial charge is 0.272 e. The standard InChI is InChI=1S/C22H26FN5O/c1-22(2,23)14-28-10-7-17(8-11-28)25-21(29)20-18-12-15(5-6-19(18)26-27-20)16-4-3-9-24-13-16/h3-6,9,12-13,17H,7-8,10-11,14H2,1-2H3,(H,25,29)(H,26,27). The Bertz CT molecular complexity index is 987. The number of nitrogens with zero attached hydrogens (tertiary/aromatic N) is 3. The van der Waals surface area contributed by atoms with Crippen molar-refractivity contribution in [2.45, 2.75) is 38.4 Å². The Morgan fingerprint density at radius 3 is 2.76 bits per heavy atom. The Morgan fingerprint density at radius 1 is 1.28 bits per heavy atom. The number of benzene rings is 1. The van der Waals surface area contributed by atoms with Gasteiger partial charge in [0.1, 0.15) is 5.67 Å². The van der Waals surface area contributed by atoms with E-state index in [1.165, 1.54) is 0 Å². The molecule has 4 rings (SSSR count). The zero-order valence-corrected chi connectivity index (χ0v) is 16.8. The summed E-state index contributed by atoms with van der Waals surface area (Å²) in [5.41, 5.74) is 2.00. The van der Waals surface area contributed by atoms with Gasteiger partial charge in [-0.3, -0.25) is 14.9 Å². The summed E-state index contributed by atoms with van der Waals surface area (Å²) in [5.74, 6) is -0.177. The van der Waals surface area contributed by atoms with Crippen molar-refractivity contribution >= 4 is 16.8 Å². The minimum absolute atomic E-state index is 0.0785. The highest BCUT2D eigenvalue weighted by atomic mass is 19.1. The van der Waals surface area contributed by atoms with Crippen LogP contribution in [0.3, 0.4) is 0 Å². The van der Waals surface area contributed by atoms with E-state index >= 15 is 0 Å². The Hall–Kier alpha value is -2.80. The number of hydrogen-bond donors (Lipinski definition) is 2. The Kier molecular flexibility index (Phi) is 5.32. The van der Waals surface area contributed by atoms with Gasteiger partial charge in [0.25, 0.3) is 5.91 Å². The van der Waals surface area contributed by atoms with Gasteiger partial charge in [-0.05, 0) is 50.5 Å². The van der Waals surface area contributed by atoms with E-state index in [4.69, 9.17) is 0 Å². The van der Waals surface area contributed by atoms with Crippen LogP contribution in [-0.2, 0) is 0 Å². The fraction of sp³-hybridized carbons (Fsp3) is 0.409. The molecule has 3 aromatic rings. The lowest BCUT2D eigenvalue weighted by molar-refractivity contribution is 0.0844. The van der Waals surface area contributed by atoms with Crippen LogP contribution >= 0.6 is 0 Å². The summed E-state index contributed by atoms with van der Waals surface area (Å²) in [6.45, 7) is 5.19. The largest absolute Gasteiger partial charge is 0.348 e. The van der Waals surface area contributed by atoms with Crippen molar-refractivity contribution in [2.24, 2.45) is 0 Å². The van der Waals surface area contributed by atoms with E-state index in [1.807, 2.05) is 30.3 Å². The third kappa shape index (κ3) is 4.62. The van der Waals surface area contributed by atoms with E-state index in [1.54, 1.807) is 26.2 Å². The van der Waals surface area contributed by atoms with Gasteiger partial charge in [-0.1, -0.05) is 12.1 Å². The minimum atomic E-state index is -1.20. The molecule has 6 nitrogen and oxygen atoms in total. The van der Waals surface area contributed by atoms with Crippen LogP contribution in [0, 0.1) is 0 Å². The van der Waals surface area contributed by atoms with Gasteiger partial charge in [0, 0.05) is 49.0 Å².